The molecule has 0 saturated carbocycles. The van der Waals surface area contributed by atoms with Gasteiger partial charge in [-0.2, -0.15) is 18.3 Å². The maximum absolute atomic E-state index is 13.2. The molecule has 0 aliphatic heterocycles. The van der Waals surface area contributed by atoms with E-state index in [2.05, 4.69) is 10.5 Å². The fourth-order valence-corrected chi connectivity index (χ4v) is 4.37. The van der Waals surface area contributed by atoms with Crippen molar-refractivity contribution in [2.75, 3.05) is 10.8 Å². The lowest BCUT2D eigenvalue weighted by Gasteiger charge is -2.23. The molecule has 0 unspecified atom stereocenters. The number of amides is 1. The SMILES string of the molecule is O=C(CN(c1cccc([N+](=O)[O-])c1)S(=O)(=O)c1ccccc1)NN=Cc1cccc(C(F)(F)F)c1. The first kappa shape index (κ1) is 25.4. The molecule has 182 valence electrons. The molecule has 0 atom stereocenters. The first-order valence-corrected chi connectivity index (χ1v) is 11.2. The van der Waals surface area contributed by atoms with Crippen molar-refractivity contribution < 1.29 is 31.3 Å². The monoisotopic (exact) mass is 506 g/mol. The Bertz CT molecular complexity index is 1360. The normalized spacial score (nSPS) is 11.9. The Labute approximate surface area is 197 Å². The third-order valence-electron chi connectivity index (χ3n) is 4.56. The molecule has 0 radical (unpaired) electrons. The van der Waals surface area contributed by atoms with Gasteiger partial charge in [0.25, 0.3) is 21.6 Å². The van der Waals surface area contributed by atoms with Crippen molar-refractivity contribution in [3.8, 4) is 0 Å². The average Bonchev–Trinajstić information content (AvgIpc) is 2.82. The number of sulfonamides is 1. The third kappa shape index (κ3) is 6.41. The summed E-state index contributed by atoms with van der Waals surface area (Å²) in [6.07, 6.45) is -3.59. The number of hydrogen-bond acceptors (Lipinski definition) is 6. The van der Waals surface area contributed by atoms with Gasteiger partial charge < -0.3 is 0 Å². The molecule has 3 aromatic rings. The first-order chi connectivity index (χ1) is 16.5. The topological polar surface area (TPSA) is 122 Å². The lowest BCUT2D eigenvalue weighted by atomic mass is 10.1. The van der Waals surface area contributed by atoms with E-state index in [1.165, 1.54) is 48.5 Å². The molecule has 35 heavy (non-hydrogen) atoms. The zero-order valence-corrected chi connectivity index (χ0v) is 18.5. The van der Waals surface area contributed by atoms with E-state index in [1.54, 1.807) is 6.07 Å². The summed E-state index contributed by atoms with van der Waals surface area (Å²) >= 11 is 0. The summed E-state index contributed by atoms with van der Waals surface area (Å²) in [5.41, 5.74) is 0.675. The Morgan fingerprint density at radius 3 is 2.37 bits per heavy atom. The van der Waals surface area contributed by atoms with Crippen LogP contribution < -0.4 is 9.73 Å². The summed E-state index contributed by atoms with van der Waals surface area (Å²) in [5.74, 6) is -0.931. The Morgan fingerprint density at radius 1 is 1.03 bits per heavy atom. The van der Waals surface area contributed by atoms with Crippen LogP contribution in [0.1, 0.15) is 11.1 Å². The molecule has 0 heterocycles. The number of nitro benzene ring substituents is 1. The van der Waals surface area contributed by atoms with E-state index in [9.17, 15) is 36.5 Å². The molecule has 0 aromatic heterocycles. The van der Waals surface area contributed by atoms with Gasteiger partial charge in [0.2, 0.25) is 0 Å². The number of non-ortho nitro benzene ring substituents is 1. The minimum absolute atomic E-state index is 0.0487. The van der Waals surface area contributed by atoms with Crippen molar-refractivity contribution in [1.29, 1.82) is 0 Å². The molecule has 0 bridgehead atoms. The van der Waals surface area contributed by atoms with Gasteiger partial charge in [-0.15, -0.1) is 0 Å². The summed E-state index contributed by atoms with van der Waals surface area (Å²) < 4.78 is 65.6. The molecule has 0 fully saturated rings. The second kappa shape index (κ2) is 10.3. The molecule has 13 heteroatoms. The van der Waals surface area contributed by atoms with Crippen molar-refractivity contribution in [3.05, 3.63) is 100 Å². The molecule has 0 aliphatic rings. The molecule has 3 aromatic carbocycles. The zero-order chi connectivity index (χ0) is 25.6. The second-order valence-electron chi connectivity index (χ2n) is 7.02. The summed E-state index contributed by atoms with van der Waals surface area (Å²) in [4.78, 5) is 22.8. The second-order valence-corrected chi connectivity index (χ2v) is 8.88. The number of carbonyl (C=O) groups excluding carboxylic acids is 1. The van der Waals surface area contributed by atoms with Gasteiger partial charge in [-0.05, 0) is 35.9 Å². The average molecular weight is 506 g/mol. The minimum Gasteiger partial charge on any atom is -0.271 e. The number of rotatable bonds is 8. The quantitative estimate of drug-likeness (QED) is 0.282. The fourth-order valence-electron chi connectivity index (χ4n) is 2.94. The van der Waals surface area contributed by atoms with Crippen molar-refractivity contribution in [3.63, 3.8) is 0 Å². The van der Waals surface area contributed by atoms with Gasteiger partial charge in [0, 0.05) is 12.1 Å². The number of halogens is 3. The van der Waals surface area contributed by atoms with E-state index in [-0.39, 0.29) is 16.1 Å². The van der Waals surface area contributed by atoms with E-state index in [4.69, 9.17) is 0 Å². The van der Waals surface area contributed by atoms with E-state index in [1.807, 2.05) is 0 Å². The van der Waals surface area contributed by atoms with Crippen molar-refractivity contribution in [2.24, 2.45) is 5.10 Å². The molecular formula is C22H17F3N4O5S. The lowest BCUT2D eigenvalue weighted by Crippen LogP contribution is -2.39. The number of nitrogens with one attached hydrogen (secondary N) is 1. The van der Waals surface area contributed by atoms with Gasteiger partial charge >= 0.3 is 6.18 Å². The van der Waals surface area contributed by atoms with Gasteiger partial charge in [0.15, 0.2) is 0 Å². The van der Waals surface area contributed by atoms with Gasteiger partial charge in [-0.1, -0.05) is 36.4 Å². The molecule has 1 N–H and O–H groups in total. The van der Waals surface area contributed by atoms with Gasteiger partial charge in [-0.25, -0.2) is 13.8 Å². The van der Waals surface area contributed by atoms with Crippen LogP contribution in [-0.2, 0) is 21.0 Å². The van der Waals surface area contributed by atoms with E-state index in [0.717, 1.165) is 30.5 Å². The number of anilines is 1. The van der Waals surface area contributed by atoms with Gasteiger partial charge in [-0.3, -0.25) is 19.2 Å². The number of hydrogen-bond donors (Lipinski definition) is 1. The highest BCUT2D eigenvalue weighted by Crippen LogP contribution is 2.29. The Kier molecular flexibility index (Phi) is 7.49. The van der Waals surface area contributed by atoms with Gasteiger partial charge in [0.05, 0.1) is 27.3 Å². The Morgan fingerprint density at radius 2 is 1.71 bits per heavy atom. The van der Waals surface area contributed by atoms with Crippen LogP contribution in [0.4, 0.5) is 24.5 Å². The zero-order valence-electron chi connectivity index (χ0n) is 17.7. The van der Waals surface area contributed by atoms with Crippen molar-refractivity contribution in [1.82, 2.24) is 5.43 Å². The number of nitro groups is 1. The number of hydrazone groups is 1. The summed E-state index contributed by atoms with van der Waals surface area (Å²) in [5, 5.41) is 14.7. The molecule has 0 spiro atoms. The lowest BCUT2D eigenvalue weighted by molar-refractivity contribution is -0.384. The highest BCUT2D eigenvalue weighted by atomic mass is 32.2. The summed E-state index contributed by atoms with van der Waals surface area (Å²) in [7, 11) is -4.32. The van der Waals surface area contributed by atoms with Crippen LogP contribution >= 0.6 is 0 Å². The molecule has 1 amide bonds. The largest absolute Gasteiger partial charge is 0.416 e. The summed E-state index contributed by atoms with van der Waals surface area (Å²) in [6, 6.07) is 16.0. The summed E-state index contributed by atoms with van der Waals surface area (Å²) in [6.45, 7) is -0.807. The molecule has 3 rings (SSSR count). The molecular weight excluding hydrogens is 489 g/mol. The Hall–Kier alpha value is -4.26. The predicted octanol–water partition coefficient (Wildman–Crippen LogP) is 3.96. The first-order valence-electron chi connectivity index (χ1n) is 9.80. The number of benzene rings is 3. The highest BCUT2D eigenvalue weighted by Gasteiger charge is 2.30. The number of carbonyl (C=O) groups is 1. The highest BCUT2D eigenvalue weighted by molar-refractivity contribution is 7.92. The third-order valence-corrected chi connectivity index (χ3v) is 6.35. The standard InChI is InChI=1S/C22H17F3N4O5S/c23-22(24,25)17-7-4-6-16(12-17)14-26-27-21(30)15-28(18-8-5-9-19(13-18)29(31)32)35(33,34)20-10-2-1-3-11-20/h1-14H,15H2,(H,27,30). The number of alkyl halides is 3. The fraction of sp³-hybridized carbons (Fsp3) is 0.0909. The van der Waals surface area contributed by atoms with Crippen LogP contribution in [0, 0.1) is 10.1 Å². The van der Waals surface area contributed by atoms with Gasteiger partial charge in [0.1, 0.15) is 6.54 Å². The van der Waals surface area contributed by atoms with E-state index in [0.29, 0.717) is 4.31 Å². The number of nitrogens with zero attached hydrogens (tertiary/aromatic N) is 3. The van der Waals surface area contributed by atoms with Crippen molar-refractivity contribution in [2.45, 2.75) is 11.1 Å². The van der Waals surface area contributed by atoms with Crippen LogP contribution in [0.3, 0.4) is 0 Å². The van der Waals surface area contributed by atoms with Crippen LogP contribution in [0.15, 0.2) is 88.9 Å². The molecule has 0 saturated heterocycles. The Balaban J connectivity index is 1.85. The maximum atomic E-state index is 13.2. The molecule has 9 nitrogen and oxygen atoms in total. The van der Waals surface area contributed by atoms with E-state index < -0.39 is 44.8 Å². The van der Waals surface area contributed by atoms with Crippen LogP contribution in [0.2, 0.25) is 0 Å². The smallest absolute Gasteiger partial charge is 0.271 e. The molecule has 0 aliphatic carbocycles. The van der Waals surface area contributed by atoms with Crippen molar-refractivity contribution >= 4 is 33.5 Å². The predicted molar refractivity (Wildman–Crippen MR) is 121 cm³/mol. The maximum Gasteiger partial charge on any atom is 0.416 e. The van der Waals surface area contributed by atoms with Crippen LogP contribution in [0.5, 0.6) is 0 Å². The minimum atomic E-state index is -4.56. The van der Waals surface area contributed by atoms with E-state index >= 15 is 0 Å². The van der Waals surface area contributed by atoms with Crippen LogP contribution in [0.25, 0.3) is 0 Å². The van der Waals surface area contributed by atoms with Crippen LogP contribution in [-0.4, -0.2) is 32.0 Å².